The van der Waals surface area contributed by atoms with Crippen LogP contribution in [0.25, 0.3) is 12.2 Å². The van der Waals surface area contributed by atoms with Crippen LogP contribution in [0, 0.1) is 17.8 Å². The van der Waals surface area contributed by atoms with Crippen LogP contribution in [-0.2, 0) is 40.5 Å². The van der Waals surface area contributed by atoms with Gasteiger partial charge in [0.05, 0.1) is 11.5 Å². The molecule has 0 aliphatic carbocycles. The maximum Gasteiger partial charge on any atom is 0.295 e. The maximum absolute atomic E-state index is 12.7. The molecule has 26 nitrogen and oxygen atoms in total. The number of nitrogens with zero attached hydrogens (tertiary/aromatic N) is 8. The topological polar surface area (TPSA) is 390 Å². The van der Waals surface area contributed by atoms with Crippen LogP contribution in [0.4, 0.5) is 47.1 Å². The van der Waals surface area contributed by atoms with Crippen molar-refractivity contribution in [1.29, 1.82) is 0 Å². The molecule has 372 valence electrons. The van der Waals surface area contributed by atoms with Crippen molar-refractivity contribution in [3.63, 3.8) is 0 Å². The first-order valence-corrected chi connectivity index (χ1v) is 27.0. The second-order valence-corrected chi connectivity index (χ2v) is 22.4. The number of aliphatic hydroxyl groups is 2. The monoisotopic (exact) mass is 1030 g/mol. The number of nitrogens with one attached hydrogen (secondary N) is 4. The minimum absolute atomic E-state index is 0.00174. The van der Waals surface area contributed by atoms with Crippen molar-refractivity contribution in [2.24, 2.45) is 17.8 Å². The molecule has 0 radical (unpaired) electrons. The molecule has 2 fully saturated rings. The molecule has 2 aromatic heterocycles. The summed E-state index contributed by atoms with van der Waals surface area (Å²) in [5, 5.41) is 30.7. The van der Waals surface area contributed by atoms with Crippen LogP contribution < -0.4 is 31.1 Å². The van der Waals surface area contributed by atoms with Gasteiger partial charge in [0, 0.05) is 63.4 Å². The van der Waals surface area contributed by atoms with Gasteiger partial charge < -0.3 is 41.3 Å². The Morgan fingerprint density at radius 3 is 1.54 bits per heavy atom. The molecule has 2 aliphatic rings. The van der Waals surface area contributed by atoms with Gasteiger partial charge in [0.15, 0.2) is 0 Å². The fourth-order valence-electron chi connectivity index (χ4n) is 7.75. The molecule has 0 amide bonds. The number of hydrogen-bond donors (Lipinski definition) is 10. The highest BCUT2D eigenvalue weighted by Crippen LogP contribution is 2.31. The van der Waals surface area contributed by atoms with Crippen molar-refractivity contribution >= 4 is 99.7 Å². The fourth-order valence-corrected chi connectivity index (χ4v) is 9.89. The van der Waals surface area contributed by atoms with E-state index in [1.54, 1.807) is 4.90 Å². The molecule has 2 aromatic carbocycles. The number of rotatable bonds is 20. The first-order valence-electron chi connectivity index (χ1n) is 20.9. The molecule has 0 saturated carbocycles. The van der Waals surface area contributed by atoms with E-state index < -0.39 is 61.8 Å². The molecule has 30 heteroatoms. The number of anilines is 8. The first-order chi connectivity index (χ1) is 31.8. The third kappa shape index (κ3) is 14.8. The Morgan fingerprint density at radius 1 is 0.618 bits per heavy atom. The third-order valence-electron chi connectivity index (χ3n) is 10.9. The van der Waals surface area contributed by atoms with Gasteiger partial charge in [0.25, 0.3) is 40.5 Å². The Hall–Kier alpha value is -5.44. The van der Waals surface area contributed by atoms with Crippen molar-refractivity contribution in [1.82, 2.24) is 29.9 Å². The summed E-state index contributed by atoms with van der Waals surface area (Å²) in [6.45, 7) is 4.61. The van der Waals surface area contributed by atoms with E-state index in [0.29, 0.717) is 32.5 Å². The lowest BCUT2D eigenvalue weighted by atomic mass is 9.91. The lowest BCUT2D eigenvalue weighted by molar-refractivity contribution is 0.189. The molecule has 4 aromatic rings. The van der Waals surface area contributed by atoms with Gasteiger partial charge in [-0.1, -0.05) is 31.2 Å². The van der Waals surface area contributed by atoms with Gasteiger partial charge >= 0.3 is 0 Å². The molecule has 2 saturated heterocycles. The number of piperidine rings is 2. The molecule has 4 unspecified atom stereocenters. The van der Waals surface area contributed by atoms with Crippen LogP contribution in [0.5, 0.6) is 0 Å². The molecule has 10 N–H and O–H groups in total. The summed E-state index contributed by atoms with van der Waals surface area (Å²) in [5.74, 6) is -1.33. The second-order valence-electron chi connectivity index (χ2n) is 16.4. The lowest BCUT2D eigenvalue weighted by Gasteiger charge is -2.37. The summed E-state index contributed by atoms with van der Waals surface area (Å²) in [5.41, 5.74) is -0.134. The van der Waals surface area contributed by atoms with Crippen LogP contribution >= 0.6 is 0 Å². The minimum atomic E-state index is -4.97. The van der Waals surface area contributed by atoms with Crippen molar-refractivity contribution in [3.05, 3.63) is 47.5 Å². The van der Waals surface area contributed by atoms with E-state index in [2.05, 4.69) is 51.2 Å². The zero-order valence-corrected chi connectivity index (χ0v) is 39.8. The van der Waals surface area contributed by atoms with Crippen molar-refractivity contribution in [3.8, 4) is 0 Å². The minimum Gasteiger partial charge on any atom is -0.396 e. The summed E-state index contributed by atoms with van der Waals surface area (Å²) in [6.07, 6.45) is 4.36. The molecule has 4 atom stereocenters. The molecular formula is C38H52N12O14S4. The Bertz CT molecular complexity index is 2950. The zero-order valence-electron chi connectivity index (χ0n) is 36.6. The smallest absolute Gasteiger partial charge is 0.295 e. The summed E-state index contributed by atoms with van der Waals surface area (Å²) in [4.78, 5) is 28.6. The molecule has 6 rings (SSSR count). The number of aliphatic hydroxyl groups excluding tert-OH is 2. The van der Waals surface area contributed by atoms with Crippen molar-refractivity contribution in [2.45, 2.75) is 48.9 Å². The highest BCUT2D eigenvalue weighted by atomic mass is 32.2. The highest BCUT2D eigenvalue weighted by Gasteiger charge is 2.29. The Labute approximate surface area is 392 Å². The molecule has 0 bridgehead atoms. The van der Waals surface area contributed by atoms with E-state index in [1.165, 1.54) is 36.4 Å². The largest absolute Gasteiger partial charge is 0.396 e. The van der Waals surface area contributed by atoms with Gasteiger partial charge in [-0.05, 0) is 79.3 Å². The van der Waals surface area contributed by atoms with Gasteiger partial charge in [-0.2, -0.15) is 63.6 Å². The number of aromatic nitrogens is 6. The molecule has 68 heavy (non-hydrogen) atoms. The average Bonchev–Trinajstić information content (AvgIpc) is 3.24. The van der Waals surface area contributed by atoms with Crippen molar-refractivity contribution < 1.29 is 62.1 Å². The summed E-state index contributed by atoms with van der Waals surface area (Å²) in [6, 6.07) is 7.34. The average molecular weight is 1030 g/mol. The fraction of sp³-hybridized carbons (Fsp3) is 0.474. The van der Waals surface area contributed by atoms with Gasteiger partial charge in [-0.25, -0.2) is 0 Å². The first kappa shape index (κ1) is 51.9. The van der Waals surface area contributed by atoms with E-state index in [0.717, 1.165) is 18.6 Å². The summed E-state index contributed by atoms with van der Waals surface area (Å²) >= 11 is 0. The van der Waals surface area contributed by atoms with Crippen LogP contribution in [0.1, 0.15) is 44.2 Å². The third-order valence-corrected chi connectivity index (χ3v) is 14.1. The van der Waals surface area contributed by atoms with E-state index in [9.17, 15) is 62.1 Å². The zero-order chi connectivity index (χ0) is 49.6. The van der Waals surface area contributed by atoms with Gasteiger partial charge in [0.2, 0.25) is 35.7 Å². The normalized spacial score (nSPS) is 19.5. The van der Waals surface area contributed by atoms with Gasteiger partial charge in [-0.3, -0.25) is 18.2 Å². The Morgan fingerprint density at radius 2 is 1.09 bits per heavy atom. The molecular weight excluding hydrogens is 977 g/mol. The van der Waals surface area contributed by atoms with Crippen molar-refractivity contribution in [2.75, 3.05) is 88.5 Å². The summed E-state index contributed by atoms with van der Waals surface area (Å²) < 4.78 is 135. The second kappa shape index (κ2) is 21.5. The van der Waals surface area contributed by atoms with E-state index in [4.69, 9.17) is 0 Å². The standard InChI is InChI=1S/C38H52N12O14S4/c1-23-15-26(22-52)20-49(19-23)37-45-33(39-10-13-65(53,54)55)43-35(47-37)41-29-7-5-27(31(17-29)67(59,60)61)3-4-28-6-8-30(18-32(28)68(62,63)64)42-36-44-34(40-11-14-66(56,57)58)46-38(48-36)50-12-9-25(21-51)16-24(50)2/h3-8,17-18,23-26,51-52H,9-16,19-22H2,1-2H3,(H,53,54,55)(H,56,57,58)(H,59,60,61)(H,62,63,64)(H2,39,41,43,45,47)(H2,40,42,44,46,48). The maximum atomic E-state index is 12.7. The van der Waals surface area contributed by atoms with Gasteiger partial charge in [0.1, 0.15) is 9.79 Å². The molecule has 4 heterocycles. The summed E-state index contributed by atoms with van der Waals surface area (Å²) in [7, 11) is -18.6. The highest BCUT2D eigenvalue weighted by molar-refractivity contribution is 7.86. The quantitative estimate of drug-likeness (QED) is 0.0446. The predicted molar refractivity (Wildman–Crippen MR) is 251 cm³/mol. The van der Waals surface area contributed by atoms with E-state index in [-0.39, 0.29) is 108 Å². The van der Waals surface area contributed by atoms with Gasteiger partial charge in [-0.15, -0.1) is 0 Å². The Balaban J connectivity index is 1.28. The lowest BCUT2D eigenvalue weighted by Crippen LogP contribution is -2.42. The number of benzene rings is 2. The van der Waals surface area contributed by atoms with Crippen LogP contribution in [-0.4, -0.2) is 155 Å². The Kier molecular flexibility index (Phi) is 16.4. The van der Waals surface area contributed by atoms with Crippen LogP contribution in [0.2, 0.25) is 0 Å². The number of hydrogen-bond acceptors (Lipinski definition) is 22. The molecule has 2 aliphatic heterocycles. The predicted octanol–water partition coefficient (Wildman–Crippen LogP) is 1.86. The van der Waals surface area contributed by atoms with Crippen LogP contribution in [0.3, 0.4) is 0 Å². The van der Waals surface area contributed by atoms with E-state index in [1.807, 2.05) is 18.7 Å². The molecule has 0 spiro atoms. The van der Waals surface area contributed by atoms with Crippen LogP contribution in [0.15, 0.2) is 46.2 Å². The van der Waals surface area contributed by atoms with E-state index >= 15 is 0 Å². The SMILES string of the molecule is CC1CC(CO)CN(c2nc(NCCS(=O)(=O)O)nc(Nc3ccc(C=Cc4ccc(Nc5nc(NCCS(=O)(=O)O)nc(N6CCC(CO)CC6C)n5)cc4S(=O)(=O)O)c(S(=O)(=O)O)c3)n2)C1.